The third-order valence-corrected chi connectivity index (χ3v) is 7.73. The Balaban J connectivity index is 1.62. The van der Waals surface area contributed by atoms with Crippen molar-refractivity contribution in [3.8, 4) is 0 Å². The molecule has 1 heterocycles. The van der Waals surface area contributed by atoms with Crippen molar-refractivity contribution >= 4 is 39.1 Å². The number of carbonyl (C=O) groups is 1. The first kappa shape index (κ1) is 23.6. The van der Waals surface area contributed by atoms with E-state index in [1.54, 1.807) is 26.0 Å². The quantitative estimate of drug-likeness (QED) is 0.434. The standard InChI is InChI=1S/C23H31N3O3S2/c1-16(2)23(27)25-20-15-19(10-11-22(20)30-4)31(28,29)24-12-7-13-26-17(3)14-18-8-5-6-9-21(18)26/h5-6,8-11,15-17,24H,7,12-14H2,1-4H3,(H,25,27)/t17-/m0/s1. The van der Waals surface area contributed by atoms with Crippen LogP contribution in [0.3, 0.4) is 0 Å². The number of nitrogens with zero attached hydrogens (tertiary/aromatic N) is 1. The molecule has 1 amide bonds. The number of amides is 1. The number of benzene rings is 2. The van der Waals surface area contributed by atoms with Gasteiger partial charge < -0.3 is 10.2 Å². The SMILES string of the molecule is CSc1ccc(S(=O)(=O)NCCCN2c3ccccc3C[C@@H]2C)cc1NC(=O)C(C)C. The van der Waals surface area contributed by atoms with E-state index in [-0.39, 0.29) is 16.7 Å². The molecule has 0 aliphatic carbocycles. The minimum Gasteiger partial charge on any atom is -0.368 e. The maximum atomic E-state index is 12.8. The second kappa shape index (κ2) is 10.1. The molecule has 0 saturated heterocycles. The molecule has 31 heavy (non-hydrogen) atoms. The minimum atomic E-state index is -3.66. The highest BCUT2D eigenvalue weighted by Crippen LogP contribution is 2.32. The molecule has 168 valence electrons. The summed E-state index contributed by atoms with van der Waals surface area (Å²) >= 11 is 1.46. The average Bonchev–Trinajstić information content (AvgIpc) is 3.06. The third-order valence-electron chi connectivity index (χ3n) is 5.48. The van der Waals surface area contributed by atoms with Crippen LogP contribution in [0.15, 0.2) is 52.3 Å². The number of fused-ring (bicyclic) bond motifs is 1. The number of carbonyl (C=O) groups excluding carboxylic acids is 1. The number of sulfonamides is 1. The summed E-state index contributed by atoms with van der Waals surface area (Å²) < 4.78 is 28.3. The molecule has 2 N–H and O–H groups in total. The largest absolute Gasteiger partial charge is 0.368 e. The summed E-state index contributed by atoms with van der Waals surface area (Å²) in [7, 11) is -3.66. The number of para-hydroxylation sites is 1. The predicted molar refractivity (Wildman–Crippen MR) is 128 cm³/mol. The van der Waals surface area contributed by atoms with Gasteiger partial charge in [0.15, 0.2) is 0 Å². The smallest absolute Gasteiger partial charge is 0.240 e. The lowest BCUT2D eigenvalue weighted by Crippen LogP contribution is -2.33. The van der Waals surface area contributed by atoms with Crippen molar-refractivity contribution in [2.24, 2.45) is 5.92 Å². The van der Waals surface area contributed by atoms with Gasteiger partial charge in [-0.1, -0.05) is 32.0 Å². The van der Waals surface area contributed by atoms with E-state index in [0.29, 0.717) is 24.7 Å². The zero-order valence-corrected chi connectivity index (χ0v) is 20.1. The molecule has 8 heteroatoms. The van der Waals surface area contributed by atoms with Crippen molar-refractivity contribution in [2.75, 3.05) is 29.6 Å². The third kappa shape index (κ3) is 5.61. The van der Waals surface area contributed by atoms with Crippen LogP contribution in [0.4, 0.5) is 11.4 Å². The molecule has 0 saturated carbocycles. The summed E-state index contributed by atoms with van der Waals surface area (Å²) in [5.41, 5.74) is 3.12. The first-order valence-corrected chi connectivity index (χ1v) is 13.3. The fourth-order valence-electron chi connectivity index (χ4n) is 3.74. The lowest BCUT2D eigenvalue weighted by molar-refractivity contribution is -0.118. The van der Waals surface area contributed by atoms with E-state index in [9.17, 15) is 13.2 Å². The van der Waals surface area contributed by atoms with Gasteiger partial charge >= 0.3 is 0 Å². The lowest BCUT2D eigenvalue weighted by atomic mass is 10.1. The van der Waals surface area contributed by atoms with Crippen molar-refractivity contribution in [2.45, 2.75) is 49.4 Å². The van der Waals surface area contributed by atoms with Gasteiger partial charge in [0, 0.05) is 35.6 Å². The van der Waals surface area contributed by atoms with Crippen molar-refractivity contribution < 1.29 is 13.2 Å². The topological polar surface area (TPSA) is 78.5 Å². The fourth-order valence-corrected chi connectivity index (χ4v) is 5.37. The summed E-state index contributed by atoms with van der Waals surface area (Å²) in [6, 6.07) is 13.7. The summed E-state index contributed by atoms with van der Waals surface area (Å²) in [5.74, 6) is -0.330. The highest BCUT2D eigenvalue weighted by atomic mass is 32.2. The van der Waals surface area contributed by atoms with Crippen LogP contribution in [-0.2, 0) is 21.2 Å². The van der Waals surface area contributed by atoms with Gasteiger partial charge in [0.2, 0.25) is 15.9 Å². The van der Waals surface area contributed by atoms with Gasteiger partial charge in [0.05, 0.1) is 10.6 Å². The molecule has 1 atom stereocenters. The van der Waals surface area contributed by atoms with Gasteiger partial charge in [-0.2, -0.15) is 0 Å². The molecule has 6 nitrogen and oxygen atoms in total. The van der Waals surface area contributed by atoms with Gasteiger partial charge in [-0.15, -0.1) is 11.8 Å². The Bertz CT molecular complexity index is 1040. The molecule has 0 fully saturated rings. The van der Waals surface area contributed by atoms with Crippen molar-refractivity contribution in [3.63, 3.8) is 0 Å². The Labute approximate surface area is 189 Å². The van der Waals surface area contributed by atoms with E-state index in [2.05, 4.69) is 40.1 Å². The Morgan fingerprint density at radius 3 is 2.68 bits per heavy atom. The van der Waals surface area contributed by atoms with Crippen molar-refractivity contribution in [3.05, 3.63) is 48.0 Å². The van der Waals surface area contributed by atoms with Crippen LogP contribution in [0.5, 0.6) is 0 Å². The summed E-state index contributed by atoms with van der Waals surface area (Å²) in [5, 5.41) is 2.83. The molecule has 0 radical (unpaired) electrons. The summed E-state index contributed by atoms with van der Waals surface area (Å²) in [6.45, 7) is 6.95. The maximum Gasteiger partial charge on any atom is 0.240 e. The highest BCUT2D eigenvalue weighted by molar-refractivity contribution is 7.98. The maximum absolute atomic E-state index is 12.8. The van der Waals surface area contributed by atoms with Gasteiger partial charge in [-0.05, 0) is 55.9 Å². The van der Waals surface area contributed by atoms with Crippen molar-refractivity contribution in [1.29, 1.82) is 0 Å². The summed E-state index contributed by atoms with van der Waals surface area (Å²) in [6.07, 6.45) is 3.62. The van der Waals surface area contributed by atoms with Crippen LogP contribution in [0.2, 0.25) is 0 Å². The molecular formula is C23H31N3O3S2. The monoisotopic (exact) mass is 461 g/mol. The highest BCUT2D eigenvalue weighted by Gasteiger charge is 2.25. The second-order valence-electron chi connectivity index (χ2n) is 8.13. The van der Waals surface area contributed by atoms with Crippen LogP contribution in [0.1, 0.15) is 32.8 Å². The van der Waals surface area contributed by atoms with Gasteiger partial charge in [-0.3, -0.25) is 4.79 Å². The average molecular weight is 462 g/mol. The normalized spacial score (nSPS) is 15.9. The molecule has 0 aromatic heterocycles. The van der Waals surface area contributed by atoms with E-state index in [1.165, 1.54) is 29.1 Å². The molecule has 2 aromatic rings. The Kier molecular flexibility index (Phi) is 7.67. The zero-order chi connectivity index (χ0) is 22.6. The van der Waals surface area contributed by atoms with Crippen LogP contribution in [0.25, 0.3) is 0 Å². The van der Waals surface area contributed by atoms with E-state index >= 15 is 0 Å². The van der Waals surface area contributed by atoms with Gasteiger partial charge in [-0.25, -0.2) is 13.1 Å². The van der Waals surface area contributed by atoms with Crippen LogP contribution in [0, 0.1) is 5.92 Å². The molecular weight excluding hydrogens is 430 g/mol. The number of thioether (sulfide) groups is 1. The van der Waals surface area contributed by atoms with E-state index in [4.69, 9.17) is 0 Å². The molecule has 1 aliphatic heterocycles. The first-order valence-electron chi connectivity index (χ1n) is 10.6. The van der Waals surface area contributed by atoms with Crippen LogP contribution < -0.4 is 14.9 Å². The molecule has 0 unspecified atom stereocenters. The van der Waals surface area contributed by atoms with E-state index < -0.39 is 10.0 Å². The number of hydrogen-bond acceptors (Lipinski definition) is 5. The summed E-state index contributed by atoms with van der Waals surface area (Å²) in [4.78, 5) is 15.4. The Morgan fingerprint density at radius 2 is 1.97 bits per heavy atom. The van der Waals surface area contributed by atoms with Gasteiger partial charge in [0.1, 0.15) is 0 Å². The molecule has 1 aliphatic rings. The lowest BCUT2D eigenvalue weighted by Gasteiger charge is -2.25. The second-order valence-corrected chi connectivity index (χ2v) is 10.7. The van der Waals surface area contributed by atoms with E-state index in [1.807, 2.05) is 12.3 Å². The van der Waals surface area contributed by atoms with Crippen molar-refractivity contribution in [1.82, 2.24) is 4.72 Å². The fraction of sp³-hybridized carbons (Fsp3) is 0.435. The van der Waals surface area contributed by atoms with Crippen LogP contribution in [-0.4, -0.2) is 39.7 Å². The molecule has 3 rings (SSSR count). The molecule has 2 aromatic carbocycles. The van der Waals surface area contributed by atoms with Crippen LogP contribution >= 0.6 is 11.8 Å². The number of nitrogens with one attached hydrogen (secondary N) is 2. The number of rotatable bonds is 9. The number of hydrogen-bond donors (Lipinski definition) is 2. The Morgan fingerprint density at radius 1 is 1.23 bits per heavy atom. The predicted octanol–water partition coefficient (Wildman–Crippen LogP) is 4.12. The Hall–Kier alpha value is -2.03. The number of anilines is 2. The first-order chi connectivity index (χ1) is 14.7. The molecule has 0 spiro atoms. The minimum absolute atomic E-state index is 0.141. The molecule has 0 bridgehead atoms. The van der Waals surface area contributed by atoms with Gasteiger partial charge in [0.25, 0.3) is 0 Å². The van der Waals surface area contributed by atoms with E-state index in [0.717, 1.165) is 17.9 Å². The zero-order valence-electron chi connectivity index (χ0n) is 18.5.